The van der Waals surface area contributed by atoms with Gasteiger partial charge in [0.15, 0.2) is 11.5 Å². The van der Waals surface area contributed by atoms with Crippen LogP contribution in [0.25, 0.3) is 11.0 Å². The largest absolute Gasteiger partial charge is 0.381 e. The number of hydrogen-bond donors (Lipinski definition) is 3. The van der Waals surface area contributed by atoms with Crippen LogP contribution in [0.5, 0.6) is 0 Å². The number of hydrogen-bond acceptors (Lipinski definition) is 6. The zero-order chi connectivity index (χ0) is 22.9. The topological polar surface area (TPSA) is 126 Å². The molecule has 9 nitrogen and oxygen atoms in total. The molecule has 12 heteroatoms. The van der Waals surface area contributed by atoms with Gasteiger partial charge in [0.1, 0.15) is 11.4 Å². The van der Waals surface area contributed by atoms with E-state index in [-0.39, 0.29) is 17.4 Å². The average Bonchev–Trinajstić information content (AvgIpc) is 3.39. The van der Waals surface area contributed by atoms with Crippen molar-refractivity contribution in [3.05, 3.63) is 47.3 Å². The first-order valence-corrected chi connectivity index (χ1v) is 11.7. The molecule has 1 saturated heterocycles. The predicted molar refractivity (Wildman–Crippen MR) is 114 cm³/mol. The number of amides is 1. The number of carbonyl (C=O) groups is 1. The number of H-pyrrole nitrogens is 1. The number of ether oxygens (including phenoxy) is 1. The highest BCUT2D eigenvalue weighted by molar-refractivity contribution is 7.92. The number of halogens is 2. The van der Waals surface area contributed by atoms with Crippen molar-refractivity contribution in [1.29, 1.82) is 0 Å². The highest BCUT2D eigenvalue weighted by Crippen LogP contribution is 2.30. The SMILES string of the molecule is CCCS(=O)(=O)Nc1ccc(F)c(C(=O)Nc2cnc3[nH]nc(C4CCOC4)c3c2)c1F. The number of fused-ring (bicyclic) bond motifs is 1. The van der Waals surface area contributed by atoms with Gasteiger partial charge in [-0.1, -0.05) is 6.92 Å². The zero-order valence-corrected chi connectivity index (χ0v) is 17.9. The molecule has 1 amide bonds. The lowest BCUT2D eigenvalue weighted by Crippen LogP contribution is -2.20. The van der Waals surface area contributed by atoms with Gasteiger partial charge in [0.05, 0.1) is 35.6 Å². The Morgan fingerprint density at radius 1 is 1.34 bits per heavy atom. The smallest absolute Gasteiger partial charge is 0.261 e. The fraction of sp³-hybridized carbons (Fsp3) is 0.350. The van der Waals surface area contributed by atoms with Crippen molar-refractivity contribution >= 4 is 38.3 Å². The normalized spacial score (nSPS) is 16.4. The fourth-order valence-corrected chi connectivity index (χ4v) is 4.70. The molecule has 3 N–H and O–H groups in total. The lowest BCUT2D eigenvalue weighted by atomic mass is 10.0. The van der Waals surface area contributed by atoms with Crippen LogP contribution in [0.1, 0.15) is 41.7 Å². The van der Waals surface area contributed by atoms with Crippen LogP contribution in [0.3, 0.4) is 0 Å². The summed E-state index contributed by atoms with van der Waals surface area (Å²) >= 11 is 0. The van der Waals surface area contributed by atoms with E-state index < -0.39 is 38.8 Å². The quantitative estimate of drug-likeness (QED) is 0.492. The molecule has 1 aliphatic rings. The fourth-order valence-electron chi connectivity index (χ4n) is 3.57. The third-order valence-corrected chi connectivity index (χ3v) is 6.55. The van der Waals surface area contributed by atoms with Crippen LogP contribution >= 0.6 is 0 Å². The standard InChI is InChI=1S/C20H21F2N5O4S/c1-2-7-32(29,30)27-15-4-3-14(21)16(17(15)22)20(28)24-12-8-13-18(11-5-6-31-10-11)25-26-19(13)23-9-12/h3-4,8-9,11,27H,2,5-7,10H2,1H3,(H,24,28)(H,23,25,26). The average molecular weight is 465 g/mol. The Morgan fingerprint density at radius 2 is 2.16 bits per heavy atom. The minimum atomic E-state index is -3.83. The van der Waals surface area contributed by atoms with Crippen molar-refractivity contribution in [3.63, 3.8) is 0 Å². The van der Waals surface area contributed by atoms with Crippen LogP contribution < -0.4 is 10.0 Å². The van der Waals surface area contributed by atoms with E-state index >= 15 is 0 Å². The van der Waals surface area contributed by atoms with Crippen LogP contribution in [-0.2, 0) is 14.8 Å². The first kappa shape index (κ1) is 22.1. The molecule has 1 aromatic carbocycles. The van der Waals surface area contributed by atoms with E-state index in [2.05, 4.69) is 20.5 Å². The van der Waals surface area contributed by atoms with Crippen molar-refractivity contribution in [2.45, 2.75) is 25.7 Å². The van der Waals surface area contributed by atoms with Crippen LogP contribution in [0, 0.1) is 11.6 Å². The monoisotopic (exact) mass is 465 g/mol. The molecule has 4 rings (SSSR count). The molecule has 3 aromatic rings. The molecule has 0 saturated carbocycles. The molecule has 0 spiro atoms. The number of sulfonamides is 1. The summed E-state index contributed by atoms with van der Waals surface area (Å²) in [6.07, 6.45) is 2.44. The van der Waals surface area contributed by atoms with Gasteiger partial charge in [-0.25, -0.2) is 22.2 Å². The van der Waals surface area contributed by atoms with Gasteiger partial charge >= 0.3 is 0 Å². The molecular formula is C20H21F2N5O4S. The summed E-state index contributed by atoms with van der Waals surface area (Å²) in [6, 6.07) is 3.38. The molecule has 32 heavy (non-hydrogen) atoms. The van der Waals surface area contributed by atoms with Crippen molar-refractivity contribution in [3.8, 4) is 0 Å². The van der Waals surface area contributed by atoms with E-state index in [0.717, 1.165) is 24.2 Å². The summed E-state index contributed by atoms with van der Waals surface area (Å²) in [7, 11) is -3.83. The number of nitrogens with one attached hydrogen (secondary N) is 3. The molecule has 1 unspecified atom stereocenters. The molecule has 1 aliphatic heterocycles. The van der Waals surface area contributed by atoms with Crippen LogP contribution in [0.2, 0.25) is 0 Å². The number of pyridine rings is 1. The number of carbonyl (C=O) groups excluding carboxylic acids is 1. The maximum atomic E-state index is 14.9. The molecule has 0 aliphatic carbocycles. The number of benzene rings is 1. The van der Waals surface area contributed by atoms with E-state index in [1.165, 1.54) is 6.20 Å². The van der Waals surface area contributed by atoms with Gasteiger partial charge in [-0.15, -0.1) is 0 Å². The summed E-state index contributed by atoms with van der Waals surface area (Å²) in [5.41, 5.74) is 0.0514. The van der Waals surface area contributed by atoms with Gasteiger partial charge in [-0.05, 0) is 31.0 Å². The lowest BCUT2D eigenvalue weighted by Gasteiger charge is -2.12. The second kappa shape index (κ2) is 8.79. The van der Waals surface area contributed by atoms with Crippen molar-refractivity contribution in [2.24, 2.45) is 0 Å². The molecular weight excluding hydrogens is 444 g/mol. The van der Waals surface area contributed by atoms with Crippen LogP contribution in [-0.4, -0.2) is 48.5 Å². The third kappa shape index (κ3) is 4.41. The lowest BCUT2D eigenvalue weighted by molar-refractivity contribution is 0.101. The summed E-state index contributed by atoms with van der Waals surface area (Å²) < 4.78 is 60.5. The molecule has 1 fully saturated rings. The second-order valence-corrected chi connectivity index (χ2v) is 9.29. The number of aromatic amines is 1. The Morgan fingerprint density at radius 3 is 2.88 bits per heavy atom. The minimum Gasteiger partial charge on any atom is -0.381 e. The van der Waals surface area contributed by atoms with E-state index in [9.17, 15) is 22.0 Å². The summed E-state index contributed by atoms with van der Waals surface area (Å²) in [5.74, 6) is -3.66. The van der Waals surface area contributed by atoms with Gasteiger partial charge in [0, 0.05) is 17.9 Å². The van der Waals surface area contributed by atoms with E-state index in [1.54, 1.807) is 13.0 Å². The van der Waals surface area contributed by atoms with Gasteiger partial charge in [0.2, 0.25) is 10.0 Å². The van der Waals surface area contributed by atoms with Gasteiger partial charge in [0.25, 0.3) is 5.91 Å². The van der Waals surface area contributed by atoms with Crippen molar-refractivity contribution in [2.75, 3.05) is 29.0 Å². The van der Waals surface area contributed by atoms with Gasteiger partial charge in [-0.2, -0.15) is 5.10 Å². The first-order chi connectivity index (χ1) is 15.3. The maximum Gasteiger partial charge on any atom is 0.261 e. The molecule has 1 atom stereocenters. The highest BCUT2D eigenvalue weighted by atomic mass is 32.2. The Labute approximate surface area is 182 Å². The molecule has 2 aromatic heterocycles. The third-order valence-electron chi connectivity index (χ3n) is 5.08. The Bertz CT molecular complexity index is 1270. The Kier molecular flexibility index (Phi) is 6.07. The van der Waals surface area contributed by atoms with E-state index in [0.29, 0.717) is 30.7 Å². The minimum absolute atomic E-state index is 0.0826. The van der Waals surface area contributed by atoms with Crippen molar-refractivity contribution < 1.29 is 26.7 Å². The Balaban J connectivity index is 1.62. The predicted octanol–water partition coefficient (Wildman–Crippen LogP) is 3.14. The molecule has 0 bridgehead atoms. The van der Waals surface area contributed by atoms with Crippen LogP contribution in [0.4, 0.5) is 20.2 Å². The summed E-state index contributed by atoms with van der Waals surface area (Å²) in [6.45, 7) is 2.79. The maximum absolute atomic E-state index is 14.9. The van der Waals surface area contributed by atoms with Gasteiger partial charge < -0.3 is 10.1 Å². The van der Waals surface area contributed by atoms with Crippen molar-refractivity contribution in [1.82, 2.24) is 15.2 Å². The molecule has 3 heterocycles. The number of anilines is 2. The highest BCUT2D eigenvalue weighted by Gasteiger charge is 2.25. The van der Waals surface area contributed by atoms with E-state index in [4.69, 9.17) is 4.74 Å². The second-order valence-electron chi connectivity index (χ2n) is 7.45. The summed E-state index contributed by atoms with van der Waals surface area (Å²) in [4.78, 5) is 16.9. The molecule has 0 radical (unpaired) electrons. The number of rotatable bonds is 7. The summed E-state index contributed by atoms with van der Waals surface area (Å²) in [5, 5.41) is 10.2. The van der Waals surface area contributed by atoms with E-state index in [1.807, 2.05) is 4.72 Å². The zero-order valence-electron chi connectivity index (χ0n) is 17.1. The van der Waals surface area contributed by atoms with Gasteiger partial charge in [-0.3, -0.25) is 14.6 Å². The molecule has 170 valence electrons. The number of aromatic nitrogens is 3. The number of nitrogens with zero attached hydrogens (tertiary/aromatic N) is 2. The van der Waals surface area contributed by atoms with Crippen LogP contribution in [0.15, 0.2) is 24.4 Å². The first-order valence-electron chi connectivity index (χ1n) is 10.0. The Hall–Kier alpha value is -3.12.